The Morgan fingerprint density at radius 2 is 2.00 bits per heavy atom. The van der Waals surface area contributed by atoms with Crippen molar-refractivity contribution in [3.05, 3.63) is 22.7 Å². The van der Waals surface area contributed by atoms with Crippen molar-refractivity contribution in [1.29, 1.82) is 0 Å². The molecule has 0 radical (unpaired) electrons. The van der Waals surface area contributed by atoms with Gasteiger partial charge in [-0.3, -0.25) is 4.79 Å². The molecule has 1 aromatic rings. The van der Waals surface area contributed by atoms with Gasteiger partial charge in [0, 0.05) is 18.7 Å². The summed E-state index contributed by atoms with van der Waals surface area (Å²) >= 11 is 6.05. The fourth-order valence-corrected chi connectivity index (χ4v) is 2.03. The highest BCUT2D eigenvalue weighted by molar-refractivity contribution is 6.32. The second-order valence-corrected chi connectivity index (χ2v) is 4.25. The van der Waals surface area contributed by atoms with E-state index in [-0.39, 0.29) is 5.91 Å². The first kappa shape index (κ1) is 12.0. The highest BCUT2D eigenvalue weighted by Gasteiger charge is 2.23. The van der Waals surface area contributed by atoms with Crippen LogP contribution in [-0.4, -0.2) is 38.1 Å². The Labute approximate surface area is 105 Å². The zero-order valence-electron chi connectivity index (χ0n) is 9.83. The molecule has 1 aromatic carbocycles. The van der Waals surface area contributed by atoms with Crippen LogP contribution in [0.1, 0.15) is 16.8 Å². The molecule has 0 saturated carbocycles. The van der Waals surface area contributed by atoms with Gasteiger partial charge in [-0.1, -0.05) is 11.6 Å². The maximum absolute atomic E-state index is 12.0. The Hall–Kier alpha value is -1.42. The molecule has 1 heterocycles. The quantitative estimate of drug-likeness (QED) is 0.831. The van der Waals surface area contributed by atoms with Crippen molar-refractivity contribution in [2.24, 2.45) is 0 Å². The Morgan fingerprint density at radius 1 is 1.29 bits per heavy atom. The van der Waals surface area contributed by atoms with Crippen LogP contribution in [-0.2, 0) is 0 Å². The van der Waals surface area contributed by atoms with Gasteiger partial charge in [0.25, 0.3) is 5.91 Å². The average Bonchev–Trinajstić information content (AvgIpc) is 2.25. The lowest BCUT2D eigenvalue weighted by atomic mass is 10.1. The number of benzene rings is 1. The Kier molecular flexibility index (Phi) is 3.43. The summed E-state index contributed by atoms with van der Waals surface area (Å²) in [4.78, 5) is 13.8. The van der Waals surface area contributed by atoms with Crippen LogP contribution in [0.5, 0.6) is 11.5 Å². The normalized spacial score (nSPS) is 14.2. The van der Waals surface area contributed by atoms with Gasteiger partial charge in [0.15, 0.2) is 11.5 Å². The minimum absolute atomic E-state index is 0.0147. The van der Waals surface area contributed by atoms with Gasteiger partial charge >= 0.3 is 0 Å². The molecule has 92 valence electrons. The van der Waals surface area contributed by atoms with E-state index in [1.165, 1.54) is 14.2 Å². The van der Waals surface area contributed by atoms with E-state index in [9.17, 15) is 4.79 Å². The summed E-state index contributed by atoms with van der Waals surface area (Å²) in [5.74, 6) is 0.914. The maximum Gasteiger partial charge on any atom is 0.254 e. The van der Waals surface area contributed by atoms with E-state index < -0.39 is 0 Å². The summed E-state index contributed by atoms with van der Waals surface area (Å²) in [5.41, 5.74) is 0.535. The van der Waals surface area contributed by atoms with Gasteiger partial charge in [0.2, 0.25) is 0 Å². The largest absolute Gasteiger partial charge is 0.493 e. The predicted octanol–water partition coefficient (Wildman–Crippen LogP) is 2.20. The van der Waals surface area contributed by atoms with Crippen molar-refractivity contribution in [1.82, 2.24) is 4.90 Å². The fraction of sp³-hybridized carbons (Fsp3) is 0.417. The minimum atomic E-state index is -0.0147. The van der Waals surface area contributed by atoms with Crippen molar-refractivity contribution in [2.75, 3.05) is 27.3 Å². The van der Waals surface area contributed by atoms with Gasteiger partial charge in [-0.25, -0.2) is 0 Å². The number of nitrogens with zero attached hydrogens (tertiary/aromatic N) is 1. The first-order chi connectivity index (χ1) is 8.17. The van der Waals surface area contributed by atoms with E-state index in [2.05, 4.69) is 0 Å². The SMILES string of the molecule is COc1cc(C(=O)N2CCC2)cc(Cl)c1OC. The standard InChI is InChI=1S/C12H14ClNO3/c1-16-10-7-8(6-9(13)11(10)17-2)12(15)14-4-3-5-14/h6-7H,3-5H2,1-2H3. The van der Waals surface area contributed by atoms with Crippen LogP contribution in [0.4, 0.5) is 0 Å². The highest BCUT2D eigenvalue weighted by Crippen LogP contribution is 2.36. The van der Waals surface area contributed by atoms with Crippen molar-refractivity contribution in [3.63, 3.8) is 0 Å². The molecule has 5 heteroatoms. The number of methoxy groups -OCH3 is 2. The Balaban J connectivity index is 2.35. The van der Waals surface area contributed by atoms with Crippen LogP contribution in [0.15, 0.2) is 12.1 Å². The maximum atomic E-state index is 12.0. The molecule has 4 nitrogen and oxygen atoms in total. The van der Waals surface area contributed by atoms with Crippen LogP contribution >= 0.6 is 11.6 Å². The number of hydrogen-bond donors (Lipinski definition) is 0. The number of carbonyl (C=O) groups is 1. The van der Waals surface area contributed by atoms with E-state index >= 15 is 0 Å². The first-order valence-electron chi connectivity index (χ1n) is 5.38. The summed E-state index contributed by atoms with van der Waals surface area (Å²) in [5, 5.41) is 0.385. The summed E-state index contributed by atoms with van der Waals surface area (Å²) < 4.78 is 10.3. The van der Waals surface area contributed by atoms with Gasteiger partial charge in [-0.2, -0.15) is 0 Å². The van der Waals surface area contributed by atoms with Crippen LogP contribution in [0, 0.1) is 0 Å². The molecule has 17 heavy (non-hydrogen) atoms. The van der Waals surface area contributed by atoms with Crippen LogP contribution in [0.2, 0.25) is 5.02 Å². The highest BCUT2D eigenvalue weighted by atomic mass is 35.5. The molecule has 2 rings (SSSR count). The summed E-state index contributed by atoms with van der Waals surface area (Å²) in [6.45, 7) is 1.62. The second kappa shape index (κ2) is 4.84. The van der Waals surface area contributed by atoms with E-state index in [0.29, 0.717) is 22.1 Å². The summed E-state index contributed by atoms with van der Waals surface area (Å²) in [6, 6.07) is 3.27. The number of carbonyl (C=O) groups excluding carboxylic acids is 1. The third-order valence-electron chi connectivity index (χ3n) is 2.82. The molecule has 0 unspecified atom stereocenters. The minimum Gasteiger partial charge on any atom is -0.493 e. The van der Waals surface area contributed by atoms with E-state index in [4.69, 9.17) is 21.1 Å². The van der Waals surface area contributed by atoms with Gasteiger partial charge in [0.05, 0.1) is 19.2 Å². The van der Waals surface area contributed by atoms with Crippen molar-refractivity contribution in [2.45, 2.75) is 6.42 Å². The number of amides is 1. The molecule has 1 amide bonds. The Morgan fingerprint density at radius 3 is 2.47 bits per heavy atom. The first-order valence-corrected chi connectivity index (χ1v) is 5.76. The molecule has 0 spiro atoms. The second-order valence-electron chi connectivity index (χ2n) is 3.84. The number of rotatable bonds is 3. The summed E-state index contributed by atoms with van der Waals surface area (Å²) in [6.07, 6.45) is 1.06. The van der Waals surface area contributed by atoms with Crippen LogP contribution in [0.25, 0.3) is 0 Å². The third kappa shape index (κ3) is 2.17. The lowest BCUT2D eigenvalue weighted by molar-refractivity contribution is 0.0651. The molecule has 0 aliphatic carbocycles. The van der Waals surface area contributed by atoms with Gasteiger partial charge < -0.3 is 14.4 Å². The molecular weight excluding hydrogens is 242 g/mol. The predicted molar refractivity (Wildman–Crippen MR) is 65.1 cm³/mol. The molecule has 0 atom stereocenters. The molecule has 1 aliphatic heterocycles. The van der Waals surface area contributed by atoms with E-state index in [1.54, 1.807) is 17.0 Å². The number of hydrogen-bond acceptors (Lipinski definition) is 3. The van der Waals surface area contributed by atoms with Crippen molar-refractivity contribution >= 4 is 17.5 Å². The molecule has 1 aliphatic rings. The fourth-order valence-electron chi connectivity index (χ4n) is 1.74. The number of likely N-dealkylation sites (tertiary alicyclic amines) is 1. The lowest BCUT2D eigenvalue weighted by Gasteiger charge is -2.31. The van der Waals surface area contributed by atoms with Gasteiger partial charge in [-0.15, -0.1) is 0 Å². The zero-order valence-corrected chi connectivity index (χ0v) is 10.6. The summed E-state index contributed by atoms with van der Waals surface area (Å²) in [7, 11) is 3.03. The van der Waals surface area contributed by atoms with Gasteiger partial charge in [0.1, 0.15) is 0 Å². The number of ether oxygens (including phenoxy) is 2. The van der Waals surface area contributed by atoms with Crippen molar-refractivity contribution < 1.29 is 14.3 Å². The number of halogens is 1. The molecular formula is C12H14ClNO3. The molecule has 0 bridgehead atoms. The monoisotopic (exact) mass is 255 g/mol. The van der Waals surface area contributed by atoms with E-state index in [1.807, 2.05) is 0 Å². The molecule has 1 fully saturated rings. The third-order valence-corrected chi connectivity index (χ3v) is 3.10. The van der Waals surface area contributed by atoms with Crippen LogP contribution in [0.3, 0.4) is 0 Å². The topological polar surface area (TPSA) is 38.8 Å². The zero-order chi connectivity index (χ0) is 12.4. The van der Waals surface area contributed by atoms with E-state index in [0.717, 1.165) is 19.5 Å². The molecule has 0 aromatic heterocycles. The molecule has 0 N–H and O–H groups in total. The van der Waals surface area contributed by atoms with Gasteiger partial charge in [-0.05, 0) is 18.6 Å². The Bertz CT molecular complexity index is 444. The van der Waals surface area contributed by atoms with Crippen LogP contribution < -0.4 is 9.47 Å². The smallest absolute Gasteiger partial charge is 0.254 e. The average molecular weight is 256 g/mol. The lowest BCUT2D eigenvalue weighted by Crippen LogP contribution is -2.42. The molecule has 1 saturated heterocycles. The van der Waals surface area contributed by atoms with Crippen molar-refractivity contribution in [3.8, 4) is 11.5 Å².